The van der Waals surface area contributed by atoms with Gasteiger partial charge in [0.15, 0.2) is 0 Å². The molecular weight excluding hydrogens is 262 g/mol. The number of thiophene rings is 1. The zero-order chi connectivity index (χ0) is 12.5. The lowest BCUT2D eigenvalue weighted by Crippen LogP contribution is -2.02. The van der Waals surface area contributed by atoms with E-state index in [1.165, 1.54) is 23.6 Å². The van der Waals surface area contributed by atoms with Crippen molar-refractivity contribution in [3.05, 3.63) is 29.8 Å². The van der Waals surface area contributed by atoms with Gasteiger partial charge in [-0.25, -0.2) is 0 Å². The summed E-state index contributed by atoms with van der Waals surface area (Å²) >= 11 is 1.44. The van der Waals surface area contributed by atoms with E-state index in [1.54, 1.807) is 0 Å². The topological polar surface area (TPSA) is 56.7 Å². The summed E-state index contributed by atoms with van der Waals surface area (Å²) < 4.78 is 30.8. The van der Waals surface area contributed by atoms with Crippen molar-refractivity contribution in [3.8, 4) is 22.3 Å². The largest absolute Gasteiger partial charge is 0.333 e. The van der Waals surface area contributed by atoms with Gasteiger partial charge in [0.05, 0.1) is 4.88 Å². The molecule has 0 amide bonds. The molecule has 18 heavy (non-hydrogen) atoms. The van der Waals surface area contributed by atoms with E-state index in [-0.39, 0.29) is 11.6 Å². The highest BCUT2D eigenvalue weighted by Gasteiger charge is 2.19. The maximum absolute atomic E-state index is 12.6. The van der Waals surface area contributed by atoms with Crippen LogP contribution in [0.15, 0.2) is 34.3 Å². The Labute approximate surface area is 104 Å². The minimum absolute atomic E-state index is 0.0243. The molecule has 0 aliphatic carbocycles. The van der Waals surface area contributed by atoms with Gasteiger partial charge in [-0.2, -0.15) is 23.5 Å². The second-order valence-electron chi connectivity index (χ2n) is 3.34. The molecule has 0 aliphatic heterocycles. The maximum Gasteiger partial charge on any atom is 0.333 e. The summed E-state index contributed by atoms with van der Waals surface area (Å²) in [6.07, 6.45) is 1.26. The second kappa shape index (κ2) is 4.30. The van der Waals surface area contributed by atoms with Gasteiger partial charge >= 0.3 is 6.55 Å². The fraction of sp³-hybridized carbons (Fsp3) is 0.100. The average molecular weight is 268 g/mol. The minimum atomic E-state index is -2.74. The SMILES string of the molecule is FC(F)n1nccc1-c1nc(-c2cccs2)no1. The summed E-state index contributed by atoms with van der Waals surface area (Å²) in [4.78, 5) is 4.89. The number of aromatic nitrogens is 4. The average Bonchev–Trinajstić information content (AvgIpc) is 3.10. The second-order valence-corrected chi connectivity index (χ2v) is 4.29. The van der Waals surface area contributed by atoms with Crippen LogP contribution in [0.5, 0.6) is 0 Å². The van der Waals surface area contributed by atoms with Crippen molar-refractivity contribution in [3.63, 3.8) is 0 Å². The summed E-state index contributed by atoms with van der Waals surface area (Å²) in [6.45, 7) is -2.74. The van der Waals surface area contributed by atoms with Crippen LogP contribution in [0.25, 0.3) is 22.3 Å². The Kier molecular flexibility index (Phi) is 2.63. The predicted molar refractivity (Wildman–Crippen MR) is 60.1 cm³/mol. The number of halogens is 2. The Hall–Kier alpha value is -2.09. The third-order valence-corrected chi connectivity index (χ3v) is 3.11. The predicted octanol–water partition coefficient (Wildman–Crippen LogP) is 3.06. The van der Waals surface area contributed by atoms with Crippen LogP contribution >= 0.6 is 11.3 Å². The minimum Gasteiger partial charge on any atom is -0.332 e. The number of hydrogen-bond donors (Lipinski definition) is 0. The molecule has 3 heterocycles. The van der Waals surface area contributed by atoms with Gasteiger partial charge < -0.3 is 4.52 Å². The fourth-order valence-corrected chi connectivity index (χ4v) is 2.12. The molecule has 3 rings (SSSR count). The molecular formula is C10H6F2N4OS. The zero-order valence-corrected chi connectivity index (χ0v) is 9.64. The third kappa shape index (κ3) is 1.80. The highest BCUT2D eigenvalue weighted by Crippen LogP contribution is 2.26. The van der Waals surface area contributed by atoms with Gasteiger partial charge in [0, 0.05) is 6.20 Å². The zero-order valence-electron chi connectivity index (χ0n) is 8.83. The van der Waals surface area contributed by atoms with Crippen LogP contribution in [0.4, 0.5) is 8.78 Å². The molecule has 0 saturated carbocycles. The van der Waals surface area contributed by atoms with Gasteiger partial charge in [0.2, 0.25) is 5.82 Å². The Balaban J connectivity index is 2.01. The van der Waals surface area contributed by atoms with Gasteiger partial charge in [-0.15, -0.1) is 11.3 Å². The lowest BCUT2D eigenvalue weighted by Gasteiger charge is -2.00. The molecule has 0 aromatic carbocycles. The Bertz CT molecular complexity index is 646. The Morgan fingerprint density at radius 2 is 2.22 bits per heavy atom. The number of alkyl halides is 2. The molecule has 92 valence electrons. The molecule has 0 radical (unpaired) electrons. The standard InChI is InChI=1S/C10H6F2N4OS/c11-10(12)16-6(3-4-13-16)9-14-8(15-17-9)7-2-1-5-18-7/h1-5,10H. The van der Waals surface area contributed by atoms with Crippen LogP contribution < -0.4 is 0 Å². The molecule has 0 fully saturated rings. The highest BCUT2D eigenvalue weighted by atomic mass is 32.1. The molecule has 0 atom stereocenters. The van der Waals surface area contributed by atoms with Crippen molar-refractivity contribution in [2.24, 2.45) is 0 Å². The number of nitrogens with zero attached hydrogens (tertiary/aromatic N) is 4. The molecule has 8 heteroatoms. The summed E-state index contributed by atoms with van der Waals surface area (Å²) in [5.41, 5.74) is 0.0975. The first-order valence-electron chi connectivity index (χ1n) is 4.95. The van der Waals surface area contributed by atoms with E-state index in [2.05, 4.69) is 15.2 Å². The van der Waals surface area contributed by atoms with Gasteiger partial charge in [0.25, 0.3) is 5.89 Å². The van der Waals surface area contributed by atoms with Gasteiger partial charge in [-0.3, -0.25) is 0 Å². The van der Waals surface area contributed by atoms with Crippen molar-refractivity contribution >= 4 is 11.3 Å². The van der Waals surface area contributed by atoms with Gasteiger partial charge in [-0.1, -0.05) is 11.2 Å². The molecule has 0 bridgehead atoms. The van der Waals surface area contributed by atoms with E-state index < -0.39 is 6.55 Å². The normalized spacial score (nSPS) is 11.3. The van der Waals surface area contributed by atoms with E-state index in [1.807, 2.05) is 17.5 Å². The first kappa shape index (κ1) is 11.0. The first-order valence-corrected chi connectivity index (χ1v) is 5.83. The summed E-state index contributed by atoms with van der Waals surface area (Å²) in [6, 6.07) is 5.07. The maximum atomic E-state index is 12.6. The number of rotatable bonds is 3. The summed E-state index contributed by atoms with van der Waals surface area (Å²) in [5.74, 6) is 0.401. The van der Waals surface area contributed by atoms with Crippen molar-refractivity contribution in [1.82, 2.24) is 19.9 Å². The van der Waals surface area contributed by atoms with E-state index in [0.29, 0.717) is 10.5 Å². The molecule has 0 unspecified atom stereocenters. The highest BCUT2D eigenvalue weighted by molar-refractivity contribution is 7.13. The molecule has 5 nitrogen and oxygen atoms in total. The van der Waals surface area contributed by atoms with Crippen LogP contribution in [0.1, 0.15) is 6.55 Å². The molecule has 0 saturated heterocycles. The van der Waals surface area contributed by atoms with Crippen LogP contribution in [-0.2, 0) is 0 Å². The van der Waals surface area contributed by atoms with Gasteiger partial charge in [0.1, 0.15) is 5.69 Å². The van der Waals surface area contributed by atoms with Crippen molar-refractivity contribution in [2.45, 2.75) is 6.55 Å². The summed E-state index contributed by atoms with van der Waals surface area (Å²) in [5, 5.41) is 9.13. The monoisotopic (exact) mass is 268 g/mol. The quantitative estimate of drug-likeness (QED) is 0.732. The molecule has 3 aromatic rings. The Morgan fingerprint density at radius 3 is 2.94 bits per heavy atom. The van der Waals surface area contributed by atoms with E-state index in [9.17, 15) is 8.78 Å². The van der Waals surface area contributed by atoms with E-state index >= 15 is 0 Å². The van der Waals surface area contributed by atoms with Crippen molar-refractivity contribution in [2.75, 3.05) is 0 Å². The molecule has 0 N–H and O–H groups in total. The Morgan fingerprint density at radius 1 is 1.33 bits per heavy atom. The number of hydrogen-bond acceptors (Lipinski definition) is 5. The smallest absolute Gasteiger partial charge is 0.332 e. The third-order valence-electron chi connectivity index (χ3n) is 2.24. The van der Waals surface area contributed by atoms with Gasteiger partial charge in [-0.05, 0) is 17.5 Å². The van der Waals surface area contributed by atoms with Crippen LogP contribution in [-0.4, -0.2) is 19.9 Å². The molecule has 0 aliphatic rings. The van der Waals surface area contributed by atoms with Crippen LogP contribution in [0, 0.1) is 0 Å². The lowest BCUT2D eigenvalue weighted by molar-refractivity contribution is 0.0579. The molecule has 0 spiro atoms. The van der Waals surface area contributed by atoms with Crippen LogP contribution in [0.3, 0.4) is 0 Å². The van der Waals surface area contributed by atoms with Crippen LogP contribution in [0.2, 0.25) is 0 Å². The fourth-order valence-electron chi connectivity index (χ4n) is 1.47. The molecule has 3 aromatic heterocycles. The first-order chi connectivity index (χ1) is 8.75. The van der Waals surface area contributed by atoms with Crippen molar-refractivity contribution < 1.29 is 13.3 Å². The van der Waals surface area contributed by atoms with Crippen molar-refractivity contribution in [1.29, 1.82) is 0 Å². The lowest BCUT2D eigenvalue weighted by atomic mass is 10.4. The van der Waals surface area contributed by atoms with E-state index in [0.717, 1.165) is 4.88 Å². The van der Waals surface area contributed by atoms with E-state index in [4.69, 9.17) is 4.52 Å². The summed E-state index contributed by atoms with van der Waals surface area (Å²) in [7, 11) is 0.